The van der Waals surface area contributed by atoms with E-state index in [1.807, 2.05) is 0 Å². The highest BCUT2D eigenvalue weighted by molar-refractivity contribution is 6.13. The molecule has 2 rings (SSSR count). The van der Waals surface area contributed by atoms with Crippen molar-refractivity contribution in [2.24, 2.45) is 0 Å². The smallest absolute Gasteiger partial charge is 0.331 e. The fourth-order valence-corrected chi connectivity index (χ4v) is 1.65. The molecule has 1 saturated heterocycles. The molecule has 0 unspecified atom stereocenters. The van der Waals surface area contributed by atoms with Crippen molar-refractivity contribution in [1.82, 2.24) is 9.80 Å². The maximum Gasteiger partial charge on any atom is 0.331 e. The molecule has 1 aliphatic heterocycles. The van der Waals surface area contributed by atoms with Gasteiger partial charge in [0.15, 0.2) is 0 Å². The van der Waals surface area contributed by atoms with Gasteiger partial charge in [-0.15, -0.1) is 0 Å². The quantitative estimate of drug-likeness (QED) is 0.585. The van der Waals surface area contributed by atoms with Crippen LogP contribution in [0.5, 0.6) is 5.75 Å². The lowest BCUT2D eigenvalue weighted by molar-refractivity contribution is -0.122. The molecular weight excluding hydrogens is 220 g/mol. The zero-order valence-electron chi connectivity index (χ0n) is 9.54. The van der Waals surface area contributed by atoms with Crippen LogP contribution in [-0.2, 0) is 4.79 Å². The predicted molar refractivity (Wildman–Crippen MR) is 62.0 cm³/mol. The fraction of sp³-hybridized carbons (Fsp3) is 0.167. The number of carbonyl (C=O) groups is 2. The predicted octanol–water partition coefficient (Wildman–Crippen LogP) is 1.26. The Morgan fingerprint density at radius 3 is 2.29 bits per heavy atom. The average Bonchev–Trinajstić information content (AvgIpc) is 2.50. The molecule has 0 aliphatic carbocycles. The van der Waals surface area contributed by atoms with Gasteiger partial charge in [0.25, 0.3) is 5.91 Å². The van der Waals surface area contributed by atoms with Gasteiger partial charge in [0.05, 0.1) is 0 Å². The van der Waals surface area contributed by atoms with Crippen molar-refractivity contribution >= 4 is 18.0 Å². The van der Waals surface area contributed by atoms with E-state index in [4.69, 9.17) is 0 Å². The highest BCUT2D eigenvalue weighted by atomic mass is 16.3. The van der Waals surface area contributed by atoms with Crippen LogP contribution in [0.3, 0.4) is 0 Å². The number of nitrogens with zero attached hydrogens (tertiary/aromatic N) is 2. The molecule has 17 heavy (non-hydrogen) atoms. The second kappa shape index (κ2) is 3.93. The number of rotatable bonds is 1. The van der Waals surface area contributed by atoms with E-state index in [0.29, 0.717) is 5.56 Å². The summed E-state index contributed by atoms with van der Waals surface area (Å²) in [4.78, 5) is 25.6. The molecule has 1 heterocycles. The minimum absolute atomic E-state index is 0.0724. The molecule has 0 atom stereocenters. The van der Waals surface area contributed by atoms with Crippen LogP contribution < -0.4 is 0 Å². The Kier molecular flexibility index (Phi) is 2.59. The molecule has 0 radical (unpaired) electrons. The maximum absolute atomic E-state index is 11.8. The number of hydrogen-bond acceptors (Lipinski definition) is 3. The first-order valence-electron chi connectivity index (χ1n) is 5.08. The number of phenolic OH excluding ortho intramolecular Hbond substituents is 1. The molecule has 1 aliphatic rings. The second-order valence-corrected chi connectivity index (χ2v) is 3.79. The van der Waals surface area contributed by atoms with Crippen molar-refractivity contribution in [3.05, 3.63) is 35.5 Å². The summed E-state index contributed by atoms with van der Waals surface area (Å²) in [5, 5.41) is 9.60. The lowest BCUT2D eigenvalue weighted by Crippen LogP contribution is -2.27. The number of amides is 3. The Labute approximate surface area is 98.6 Å². The third kappa shape index (κ3) is 1.75. The molecule has 1 N–H and O–H groups in total. The summed E-state index contributed by atoms with van der Waals surface area (Å²) in [5.74, 6) is -0.302. The van der Waals surface area contributed by atoms with Crippen LogP contribution in [-0.4, -0.2) is 40.9 Å². The molecule has 0 saturated carbocycles. The molecule has 0 aromatic heterocycles. The van der Waals surface area contributed by atoms with E-state index in [2.05, 4.69) is 0 Å². The highest BCUT2D eigenvalue weighted by Crippen LogP contribution is 2.24. The molecule has 88 valence electrons. The van der Waals surface area contributed by atoms with Gasteiger partial charge in [0, 0.05) is 19.7 Å². The van der Waals surface area contributed by atoms with Crippen LogP contribution in [0.4, 0.5) is 4.79 Å². The van der Waals surface area contributed by atoms with Gasteiger partial charge in [-0.2, -0.15) is 0 Å². The Bertz CT molecular complexity index is 522. The second-order valence-electron chi connectivity index (χ2n) is 3.79. The summed E-state index contributed by atoms with van der Waals surface area (Å²) in [7, 11) is 2.95. The Morgan fingerprint density at radius 2 is 1.76 bits per heavy atom. The van der Waals surface area contributed by atoms with Gasteiger partial charge in [-0.1, -0.05) is 18.2 Å². The van der Waals surface area contributed by atoms with E-state index in [1.165, 1.54) is 31.1 Å². The first-order valence-corrected chi connectivity index (χ1v) is 5.08. The minimum atomic E-state index is -0.378. The van der Waals surface area contributed by atoms with E-state index in [9.17, 15) is 14.7 Å². The number of para-hydroxylation sites is 1. The number of urea groups is 1. The number of carbonyl (C=O) groups excluding carboxylic acids is 2. The van der Waals surface area contributed by atoms with Crippen LogP contribution in [0, 0.1) is 0 Å². The number of hydrogen-bond donors (Lipinski definition) is 1. The normalized spacial score (nSPS) is 18.4. The summed E-state index contributed by atoms with van der Waals surface area (Å²) in [6.07, 6.45) is 1.50. The van der Waals surface area contributed by atoms with Crippen molar-refractivity contribution in [1.29, 1.82) is 0 Å². The van der Waals surface area contributed by atoms with Gasteiger partial charge < -0.3 is 5.11 Å². The van der Waals surface area contributed by atoms with E-state index < -0.39 is 0 Å². The van der Waals surface area contributed by atoms with Gasteiger partial charge in [-0.25, -0.2) is 4.79 Å². The Morgan fingerprint density at radius 1 is 1.12 bits per heavy atom. The monoisotopic (exact) mass is 232 g/mol. The number of benzene rings is 1. The molecule has 1 aromatic carbocycles. The zero-order valence-corrected chi connectivity index (χ0v) is 9.54. The number of imide groups is 1. The maximum atomic E-state index is 11.8. The molecule has 0 bridgehead atoms. The van der Waals surface area contributed by atoms with Crippen molar-refractivity contribution < 1.29 is 14.7 Å². The van der Waals surface area contributed by atoms with E-state index in [0.717, 1.165) is 4.90 Å². The lowest BCUT2D eigenvalue weighted by Gasteiger charge is -2.07. The van der Waals surface area contributed by atoms with Crippen LogP contribution in [0.1, 0.15) is 5.56 Å². The van der Waals surface area contributed by atoms with Crippen LogP contribution >= 0.6 is 0 Å². The van der Waals surface area contributed by atoms with Crippen molar-refractivity contribution in [3.63, 3.8) is 0 Å². The first kappa shape index (κ1) is 11.2. The third-order valence-electron chi connectivity index (χ3n) is 2.69. The molecule has 1 aromatic rings. The molecular formula is C12H12N2O3. The van der Waals surface area contributed by atoms with E-state index in [1.54, 1.807) is 18.2 Å². The highest BCUT2D eigenvalue weighted by Gasteiger charge is 2.35. The lowest BCUT2D eigenvalue weighted by atomic mass is 10.1. The van der Waals surface area contributed by atoms with Gasteiger partial charge in [-0.3, -0.25) is 14.6 Å². The minimum Gasteiger partial charge on any atom is -0.507 e. The summed E-state index contributed by atoms with van der Waals surface area (Å²) < 4.78 is 0. The van der Waals surface area contributed by atoms with Crippen LogP contribution in [0.2, 0.25) is 0 Å². The average molecular weight is 232 g/mol. The topological polar surface area (TPSA) is 60.9 Å². The number of aromatic hydroxyl groups is 1. The molecule has 5 nitrogen and oxygen atoms in total. The third-order valence-corrected chi connectivity index (χ3v) is 2.69. The van der Waals surface area contributed by atoms with Crippen molar-refractivity contribution in [2.45, 2.75) is 0 Å². The number of likely N-dealkylation sites (N-methyl/N-ethyl adjacent to an activating group) is 2. The fourth-order valence-electron chi connectivity index (χ4n) is 1.65. The van der Waals surface area contributed by atoms with Gasteiger partial charge in [0.1, 0.15) is 11.4 Å². The molecule has 1 fully saturated rings. The Hall–Kier alpha value is -2.30. The molecule has 5 heteroatoms. The van der Waals surface area contributed by atoms with Gasteiger partial charge in [-0.05, 0) is 12.1 Å². The summed E-state index contributed by atoms with van der Waals surface area (Å²) in [6.45, 7) is 0. The van der Waals surface area contributed by atoms with E-state index in [-0.39, 0.29) is 23.4 Å². The first-order chi connectivity index (χ1) is 8.02. The van der Waals surface area contributed by atoms with Crippen LogP contribution in [0.25, 0.3) is 6.08 Å². The van der Waals surface area contributed by atoms with Gasteiger partial charge >= 0.3 is 6.03 Å². The standard InChI is InChI=1S/C12H12N2O3/c1-13-9(11(16)14(2)12(13)17)7-8-5-3-4-6-10(8)15/h3-7,15H,1-2H3/b9-7+. The summed E-state index contributed by atoms with van der Waals surface area (Å²) >= 11 is 0. The SMILES string of the molecule is CN1C(=O)/C(=C\c2ccccc2O)N(C)C1=O. The van der Waals surface area contributed by atoms with Crippen molar-refractivity contribution in [2.75, 3.05) is 14.1 Å². The summed E-state index contributed by atoms with van der Waals surface area (Å²) in [5.41, 5.74) is 0.754. The number of phenols is 1. The van der Waals surface area contributed by atoms with Crippen LogP contribution in [0.15, 0.2) is 30.0 Å². The zero-order chi connectivity index (χ0) is 12.6. The van der Waals surface area contributed by atoms with Gasteiger partial charge in [0.2, 0.25) is 0 Å². The van der Waals surface area contributed by atoms with E-state index >= 15 is 0 Å². The largest absolute Gasteiger partial charge is 0.507 e. The van der Waals surface area contributed by atoms with Crippen molar-refractivity contribution in [3.8, 4) is 5.75 Å². The summed E-state index contributed by atoms with van der Waals surface area (Å²) in [6, 6.07) is 6.26. The Balaban J connectivity index is 2.45. The molecule has 3 amide bonds. The molecule has 0 spiro atoms.